The van der Waals surface area contributed by atoms with Crippen LogP contribution in [0.4, 0.5) is 13.2 Å². The highest BCUT2D eigenvalue weighted by molar-refractivity contribution is 7.87. The molecule has 9 heteroatoms. The van der Waals surface area contributed by atoms with Gasteiger partial charge in [-0.2, -0.15) is 35.9 Å². The average molecular weight is 389 g/mol. The number of halogens is 3. The number of alkyl halides is 3. The standard InChI is InChI=1S/C17H22F3N3O2S/c1-2-3-14-10-13(4-5-15(14)11-21)12-22-26(24,25)23-8-6-16(7-9-23)17(18,19)20/h4-5,10,16,22H,2-3,6-9,12H2,1H3. The molecule has 1 aromatic rings. The van der Waals surface area contributed by atoms with Crippen molar-refractivity contribution in [1.82, 2.24) is 9.03 Å². The Labute approximate surface area is 152 Å². The molecule has 1 aliphatic heterocycles. The molecule has 144 valence electrons. The predicted molar refractivity (Wildman–Crippen MR) is 91.3 cm³/mol. The molecule has 0 spiro atoms. The van der Waals surface area contributed by atoms with Crippen LogP contribution in [-0.2, 0) is 23.2 Å². The molecule has 0 saturated carbocycles. The molecule has 1 fully saturated rings. The lowest BCUT2D eigenvalue weighted by Crippen LogP contribution is -2.46. The number of benzene rings is 1. The zero-order valence-electron chi connectivity index (χ0n) is 14.5. The highest BCUT2D eigenvalue weighted by Gasteiger charge is 2.42. The van der Waals surface area contributed by atoms with Crippen LogP contribution in [0.25, 0.3) is 0 Å². The first-order valence-corrected chi connectivity index (χ1v) is 9.94. The van der Waals surface area contributed by atoms with E-state index in [1.807, 2.05) is 6.92 Å². The number of nitrogens with one attached hydrogen (secondary N) is 1. The van der Waals surface area contributed by atoms with Gasteiger partial charge in [0.05, 0.1) is 17.6 Å². The third-order valence-electron chi connectivity index (χ3n) is 4.52. The summed E-state index contributed by atoms with van der Waals surface area (Å²) in [6.07, 6.45) is -3.14. The van der Waals surface area contributed by atoms with E-state index in [4.69, 9.17) is 5.26 Å². The minimum absolute atomic E-state index is 0.0317. The molecular formula is C17H22F3N3O2S. The summed E-state index contributed by atoms with van der Waals surface area (Å²) in [5.74, 6) is -1.44. The fourth-order valence-corrected chi connectivity index (χ4v) is 4.25. The molecule has 0 unspecified atom stereocenters. The summed E-state index contributed by atoms with van der Waals surface area (Å²) in [6, 6.07) is 7.23. The van der Waals surface area contributed by atoms with Crippen LogP contribution < -0.4 is 4.72 Å². The Kier molecular flexibility index (Phi) is 6.66. The second-order valence-corrected chi connectivity index (χ2v) is 8.15. The molecule has 1 aliphatic rings. The van der Waals surface area contributed by atoms with Gasteiger partial charge in [-0.25, -0.2) is 0 Å². The predicted octanol–water partition coefficient (Wildman–Crippen LogP) is 3.12. The highest BCUT2D eigenvalue weighted by Crippen LogP contribution is 2.34. The van der Waals surface area contributed by atoms with Gasteiger partial charge in [-0.15, -0.1) is 0 Å². The van der Waals surface area contributed by atoms with Gasteiger partial charge in [0.15, 0.2) is 0 Å². The van der Waals surface area contributed by atoms with Crippen molar-refractivity contribution >= 4 is 10.2 Å². The van der Waals surface area contributed by atoms with Crippen LogP contribution in [0.5, 0.6) is 0 Å². The summed E-state index contributed by atoms with van der Waals surface area (Å²) >= 11 is 0. The Morgan fingerprint density at radius 2 is 1.96 bits per heavy atom. The number of nitriles is 1. The van der Waals surface area contributed by atoms with Gasteiger partial charge >= 0.3 is 6.18 Å². The zero-order chi connectivity index (χ0) is 19.4. The fraction of sp³-hybridized carbons (Fsp3) is 0.588. The van der Waals surface area contributed by atoms with E-state index in [2.05, 4.69) is 10.8 Å². The maximum absolute atomic E-state index is 12.7. The Morgan fingerprint density at radius 1 is 1.31 bits per heavy atom. The first-order valence-electron chi connectivity index (χ1n) is 8.50. The van der Waals surface area contributed by atoms with E-state index in [9.17, 15) is 21.6 Å². The van der Waals surface area contributed by atoms with E-state index in [0.717, 1.165) is 16.3 Å². The quantitative estimate of drug-likeness (QED) is 0.812. The first-order chi connectivity index (χ1) is 12.2. The van der Waals surface area contributed by atoms with Crippen LogP contribution in [0.2, 0.25) is 0 Å². The molecule has 0 radical (unpaired) electrons. The highest BCUT2D eigenvalue weighted by atomic mass is 32.2. The number of rotatable bonds is 6. The van der Waals surface area contributed by atoms with E-state index in [0.29, 0.717) is 17.5 Å². The monoisotopic (exact) mass is 389 g/mol. The lowest BCUT2D eigenvalue weighted by atomic mass is 9.98. The SMILES string of the molecule is CCCc1cc(CNS(=O)(=O)N2CCC(C(F)(F)F)CC2)ccc1C#N. The summed E-state index contributed by atoms with van der Waals surface area (Å²) in [5.41, 5.74) is 2.13. The fourth-order valence-electron chi connectivity index (χ4n) is 3.03. The van der Waals surface area contributed by atoms with Crippen molar-refractivity contribution in [3.05, 3.63) is 34.9 Å². The number of nitrogens with zero attached hydrogens (tertiary/aromatic N) is 2. The Balaban J connectivity index is 1.99. The number of hydrogen-bond donors (Lipinski definition) is 1. The molecule has 26 heavy (non-hydrogen) atoms. The third-order valence-corrected chi connectivity index (χ3v) is 6.08. The van der Waals surface area contributed by atoms with Gasteiger partial charge < -0.3 is 0 Å². The maximum atomic E-state index is 12.7. The average Bonchev–Trinajstić information content (AvgIpc) is 2.60. The smallest absolute Gasteiger partial charge is 0.198 e. The molecule has 0 aromatic heterocycles. The van der Waals surface area contributed by atoms with Gasteiger partial charge in [-0.3, -0.25) is 0 Å². The van der Waals surface area contributed by atoms with Crippen LogP contribution in [0, 0.1) is 17.2 Å². The molecule has 0 atom stereocenters. The van der Waals surface area contributed by atoms with E-state index < -0.39 is 22.3 Å². The van der Waals surface area contributed by atoms with Crippen molar-refractivity contribution in [2.45, 2.75) is 45.3 Å². The minimum Gasteiger partial charge on any atom is -0.198 e. The molecule has 1 heterocycles. The molecule has 0 amide bonds. The van der Waals surface area contributed by atoms with Gasteiger partial charge in [-0.1, -0.05) is 25.5 Å². The number of piperidine rings is 1. The Hall–Kier alpha value is -1.63. The molecule has 2 rings (SSSR count). The molecule has 1 N–H and O–H groups in total. The second-order valence-electron chi connectivity index (χ2n) is 6.39. The second kappa shape index (κ2) is 8.37. The summed E-state index contributed by atoms with van der Waals surface area (Å²) in [6.45, 7) is 1.73. The maximum Gasteiger partial charge on any atom is 0.391 e. The molecule has 1 saturated heterocycles. The van der Waals surface area contributed by atoms with E-state index in [1.54, 1.807) is 18.2 Å². The summed E-state index contributed by atoms with van der Waals surface area (Å²) in [4.78, 5) is 0. The van der Waals surface area contributed by atoms with Crippen LogP contribution in [0.15, 0.2) is 18.2 Å². The van der Waals surface area contributed by atoms with Gasteiger partial charge in [0.2, 0.25) is 0 Å². The topological polar surface area (TPSA) is 73.2 Å². The lowest BCUT2D eigenvalue weighted by Gasteiger charge is -2.32. The van der Waals surface area contributed by atoms with Crippen LogP contribution in [0.1, 0.15) is 42.9 Å². The van der Waals surface area contributed by atoms with Gasteiger partial charge in [0.25, 0.3) is 10.2 Å². The summed E-state index contributed by atoms with van der Waals surface area (Å²) < 4.78 is 66.2. The summed E-state index contributed by atoms with van der Waals surface area (Å²) in [7, 11) is -3.84. The molecule has 0 bridgehead atoms. The summed E-state index contributed by atoms with van der Waals surface area (Å²) in [5, 5.41) is 9.10. The first kappa shape index (κ1) is 20.7. The van der Waals surface area contributed by atoms with Gasteiger partial charge in [-0.05, 0) is 36.5 Å². The van der Waals surface area contributed by atoms with Crippen molar-refractivity contribution < 1.29 is 21.6 Å². The Morgan fingerprint density at radius 3 is 2.50 bits per heavy atom. The van der Waals surface area contributed by atoms with Crippen molar-refractivity contribution in [1.29, 1.82) is 5.26 Å². The molecule has 5 nitrogen and oxygen atoms in total. The lowest BCUT2D eigenvalue weighted by molar-refractivity contribution is -0.182. The van der Waals surface area contributed by atoms with Crippen molar-refractivity contribution in [2.24, 2.45) is 5.92 Å². The zero-order valence-corrected chi connectivity index (χ0v) is 15.3. The number of hydrogen-bond acceptors (Lipinski definition) is 3. The normalized spacial score (nSPS) is 17.2. The van der Waals surface area contributed by atoms with E-state index >= 15 is 0 Å². The largest absolute Gasteiger partial charge is 0.391 e. The molecule has 0 aliphatic carbocycles. The van der Waals surface area contributed by atoms with Gasteiger partial charge in [0.1, 0.15) is 0 Å². The van der Waals surface area contributed by atoms with Crippen molar-refractivity contribution in [3.63, 3.8) is 0 Å². The van der Waals surface area contributed by atoms with Crippen LogP contribution >= 0.6 is 0 Å². The molecule has 1 aromatic carbocycles. The van der Waals surface area contributed by atoms with Crippen LogP contribution in [-0.4, -0.2) is 32.0 Å². The number of aryl methyl sites for hydroxylation is 1. The van der Waals surface area contributed by atoms with Gasteiger partial charge in [0, 0.05) is 19.6 Å². The Bertz CT molecular complexity index is 764. The van der Waals surface area contributed by atoms with Crippen molar-refractivity contribution in [3.8, 4) is 6.07 Å². The van der Waals surface area contributed by atoms with Crippen molar-refractivity contribution in [2.75, 3.05) is 13.1 Å². The minimum atomic E-state index is -4.28. The third kappa shape index (κ3) is 5.19. The van der Waals surface area contributed by atoms with E-state index in [1.165, 1.54) is 0 Å². The van der Waals surface area contributed by atoms with Crippen LogP contribution in [0.3, 0.4) is 0 Å². The van der Waals surface area contributed by atoms with E-state index in [-0.39, 0.29) is 32.5 Å². The molecular weight excluding hydrogens is 367 g/mol.